The maximum atomic E-state index is 12.8. The van der Waals surface area contributed by atoms with E-state index < -0.39 is 0 Å². The van der Waals surface area contributed by atoms with Gasteiger partial charge in [0.05, 0.1) is 6.54 Å². The first-order chi connectivity index (χ1) is 11.1. The fraction of sp³-hybridized carbons (Fsp3) is 0.632. The predicted molar refractivity (Wildman–Crippen MR) is 94.8 cm³/mol. The number of nitrogens with zero attached hydrogens (tertiary/aromatic N) is 3. The number of carbonyl (C=O) groups excluding carboxylic acids is 1. The van der Waals surface area contributed by atoms with Crippen LogP contribution in [0.25, 0.3) is 0 Å². The molecule has 0 radical (unpaired) electrons. The van der Waals surface area contributed by atoms with Crippen LogP contribution in [0.15, 0.2) is 24.3 Å². The van der Waals surface area contributed by atoms with Crippen molar-refractivity contribution in [2.24, 2.45) is 5.92 Å². The second-order valence-electron chi connectivity index (χ2n) is 7.25. The molecule has 1 amide bonds. The Bertz CT molecular complexity index is 535. The van der Waals surface area contributed by atoms with Crippen molar-refractivity contribution in [1.29, 1.82) is 0 Å². The molecule has 23 heavy (non-hydrogen) atoms. The predicted octanol–water partition coefficient (Wildman–Crippen LogP) is 2.24. The lowest BCUT2D eigenvalue weighted by molar-refractivity contribution is -0.120. The molecule has 126 valence electrons. The summed E-state index contributed by atoms with van der Waals surface area (Å²) < 4.78 is 0. The van der Waals surface area contributed by atoms with Crippen LogP contribution in [-0.2, 0) is 11.2 Å². The maximum Gasteiger partial charge on any atom is 0.241 e. The Morgan fingerprint density at radius 3 is 2.48 bits per heavy atom. The van der Waals surface area contributed by atoms with E-state index in [9.17, 15) is 4.79 Å². The Labute approximate surface area is 140 Å². The van der Waals surface area contributed by atoms with Gasteiger partial charge in [0.25, 0.3) is 0 Å². The molecule has 2 aliphatic heterocycles. The number of fused-ring (bicyclic) bond motifs is 1. The van der Waals surface area contributed by atoms with E-state index >= 15 is 0 Å². The van der Waals surface area contributed by atoms with Gasteiger partial charge in [-0.3, -0.25) is 9.69 Å². The highest BCUT2D eigenvalue weighted by Gasteiger charge is 2.25. The molecule has 0 aromatic heterocycles. The van der Waals surface area contributed by atoms with Crippen molar-refractivity contribution in [2.45, 2.75) is 26.7 Å². The molecule has 1 aromatic carbocycles. The Morgan fingerprint density at radius 1 is 1.04 bits per heavy atom. The first-order valence-corrected chi connectivity index (χ1v) is 8.96. The van der Waals surface area contributed by atoms with Gasteiger partial charge in [-0.25, -0.2) is 0 Å². The van der Waals surface area contributed by atoms with E-state index in [1.165, 1.54) is 12.1 Å². The van der Waals surface area contributed by atoms with Crippen LogP contribution in [0.3, 0.4) is 0 Å². The third kappa shape index (κ3) is 4.12. The highest BCUT2D eigenvalue weighted by atomic mass is 16.2. The minimum atomic E-state index is 0.259. The lowest BCUT2D eigenvalue weighted by Gasteiger charge is -2.37. The number of hydrogen-bond donors (Lipinski definition) is 0. The topological polar surface area (TPSA) is 26.8 Å². The van der Waals surface area contributed by atoms with Crippen molar-refractivity contribution in [3.8, 4) is 0 Å². The van der Waals surface area contributed by atoms with Crippen molar-refractivity contribution in [3.05, 3.63) is 29.8 Å². The quantitative estimate of drug-likeness (QED) is 0.852. The molecule has 0 bridgehead atoms. The van der Waals surface area contributed by atoms with Crippen LogP contribution in [0, 0.1) is 5.92 Å². The lowest BCUT2D eigenvalue weighted by atomic mass is 10.0. The van der Waals surface area contributed by atoms with E-state index in [-0.39, 0.29) is 5.91 Å². The molecule has 2 aliphatic rings. The van der Waals surface area contributed by atoms with Crippen LogP contribution >= 0.6 is 0 Å². The summed E-state index contributed by atoms with van der Waals surface area (Å²) in [5, 5.41) is 0. The molecule has 3 rings (SSSR count). The van der Waals surface area contributed by atoms with Crippen molar-refractivity contribution in [2.75, 3.05) is 50.7 Å². The molecule has 4 nitrogen and oxygen atoms in total. The van der Waals surface area contributed by atoms with Gasteiger partial charge in [-0.15, -0.1) is 0 Å². The number of anilines is 1. The van der Waals surface area contributed by atoms with Crippen LogP contribution < -0.4 is 4.90 Å². The third-order valence-corrected chi connectivity index (χ3v) is 4.86. The first kappa shape index (κ1) is 16.5. The van der Waals surface area contributed by atoms with E-state index in [0.29, 0.717) is 12.5 Å². The van der Waals surface area contributed by atoms with Crippen LogP contribution in [0.1, 0.15) is 25.8 Å². The molecule has 4 heteroatoms. The normalized spacial score (nSPS) is 19.9. The Morgan fingerprint density at radius 2 is 1.74 bits per heavy atom. The monoisotopic (exact) mass is 315 g/mol. The summed E-state index contributed by atoms with van der Waals surface area (Å²) in [5.41, 5.74) is 2.44. The molecule has 0 atom stereocenters. The molecule has 0 saturated carbocycles. The number of benzene rings is 1. The molecule has 1 aromatic rings. The maximum absolute atomic E-state index is 12.8. The van der Waals surface area contributed by atoms with Crippen molar-refractivity contribution in [3.63, 3.8) is 0 Å². The summed E-state index contributed by atoms with van der Waals surface area (Å²) >= 11 is 0. The molecular formula is C19H29N3O. The summed E-state index contributed by atoms with van der Waals surface area (Å²) in [6, 6.07) is 8.35. The Hall–Kier alpha value is -1.39. The number of carbonyl (C=O) groups is 1. The number of para-hydroxylation sites is 1. The van der Waals surface area contributed by atoms with Crippen molar-refractivity contribution < 1.29 is 4.79 Å². The highest BCUT2D eigenvalue weighted by Crippen LogP contribution is 2.26. The van der Waals surface area contributed by atoms with E-state index in [0.717, 1.165) is 51.3 Å². The molecule has 0 spiro atoms. The first-order valence-electron chi connectivity index (χ1n) is 8.96. The second kappa shape index (κ2) is 7.45. The van der Waals surface area contributed by atoms with Gasteiger partial charge in [-0.05, 0) is 30.4 Å². The molecule has 0 aliphatic carbocycles. The summed E-state index contributed by atoms with van der Waals surface area (Å²) in [6.45, 7) is 11.3. The zero-order valence-corrected chi connectivity index (χ0v) is 14.5. The number of hydrogen-bond acceptors (Lipinski definition) is 3. The third-order valence-electron chi connectivity index (χ3n) is 4.86. The fourth-order valence-electron chi connectivity index (χ4n) is 3.72. The van der Waals surface area contributed by atoms with Crippen LogP contribution in [0.5, 0.6) is 0 Å². The van der Waals surface area contributed by atoms with Gasteiger partial charge >= 0.3 is 0 Å². The van der Waals surface area contributed by atoms with Crippen LogP contribution in [0.2, 0.25) is 0 Å². The van der Waals surface area contributed by atoms with Gasteiger partial charge in [0.15, 0.2) is 0 Å². The smallest absolute Gasteiger partial charge is 0.241 e. The Balaban J connectivity index is 1.55. The standard InChI is InChI=1S/C19H29N3O/c1-16(2)14-20-10-12-21(13-11-20)15-19(23)22-9-5-7-17-6-3-4-8-18(17)22/h3-4,6,8,16H,5,7,9-15H2,1-2H3. The largest absolute Gasteiger partial charge is 0.311 e. The summed E-state index contributed by atoms with van der Waals surface area (Å²) in [4.78, 5) is 19.6. The number of rotatable bonds is 4. The zero-order valence-electron chi connectivity index (χ0n) is 14.5. The molecule has 2 heterocycles. The van der Waals surface area contributed by atoms with E-state index in [1.54, 1.807) is 0 Å². The van der Waals surface area contributed by atoms with Gasteiger partial charge in [-0.2, -0.15) is 0 Å². The van der Waals surface area contributed by atoms with E-state index in [1.807, 2.05) is 11.0 Å². The van der Waals surface area contributed by atoms with E-state index in [4.69, 9.17) is 0 Å². The van der Waals surface area contributed by atoms with E-state index in [2.05, 4.69) is 41.8 Å². The SMILES string of the molecule is CC(C)CN1CCN(CC(=O)N2CCCc3ccccc32)CC1. The van der Waals surface area contributed by atoms with Gasteiger partial charge < -0.3 is 9.80 Å². The number of piperazine rings is 1. The van der Waals surface area contributed by atoms with Gasteiger partial charge in [0.1, 0.15) is 0 Å². The van der Waals surface area contributed by atoms with Gasteiger partial charge in [0, 0.05) is 45.0 Å². The zero-order chi connectivity index (χ0) is 16.2. The second-order valence-corrected chi connectivity index (χ2v) is 7.25. The summed E-state index contributed by atoms with van der Waals surface area (Å²) in [5.74, 6) is 0.975. The van der Waals surface area contributed by atoms with Crippen LogP contribution in [-0.4, -0.2) is 61.5 Å². The van der Waals surface area contributed by atoms with Crippen LogP contribution in [0.4, 0.5) is 5.69 Å². The fourth-order valence-corrected chi connectivity index (χ4v) is 3.72. The molecule has 1 saturated heterocycles. The number of amides is 1. The lowest BCUT2D eigenvalue weighted by Crippen LogP contribution is -2.51. The average molecular weight is 315 g/mol. The molecule has 1 fully saturated rings. The molecular weight excluding hydrogens is 286 g/mol. The molecule has 0 unspecified atom stereocenters. The minimum absolute atomic E-state index is 0.259. The highest BCUT2D eigenvalue weighted by molar-refractivity contribution is 5.95. The average Bonchev–Trinajstić information content (AvgIpc) is 2.55. The summed E-state index contributed by atoms with van der Waals surface area (Å²) in [7, 11) is 0. The molecule has 0 N–H and O–H groups in total. The minimum Gasteiger partial charge on any atom is -0.311 e. The van der Waals surface area contributed by atoms with Gasteiger partial charge in [0.2, 0.25) is 5.91 Å². The Kier molecular flexibility index (Phi) is 5.34. The number of aryl methyl sites for hydroxylation is 1. The van der Waals surface area contributed by atoms with Gasteiger partial charge in [-0.1, -0.05) is 32.0 Å². The van der Waals surface area contributed by atoms with Crippen molar-refractivity contribution >= 4 is 11.6 Å². The summed E-state index contributed by atoms with van der Waals surface area (Å²) in [6.07, 6.45) is 2.17. The van der Waals surface area contributed by atoms with Crippen molar-refractivity contribution in [1.82, 2.24) is 9.80 Å².